The number of rotatable bonds is 8. The topological polar surface area (TPSA) is 59.4 Å². The second-order valence-corrected chi connectivity index (χ2v) is 8.32. The number of para-hydroxylation sites is 1. The van der Waals surface area contributed by atoms with Gasteiger partial charge in [0.2, 0.25) is 0 Å². The number of nitrogens with one attached hydrogen (secondary N) is 1. The first-order valence-electron chi connectivity index (χ1n) is 11.3. The van der Waals surface area contributed by atoms with Gasteiger partial charge in [0.15, 0.2) is 6.61 Å². The molecule has 1 N–H and O–H groups in total. The summed E-state index contributed by atoms with van der Waals surface area (Å²) in [5.74, 6) is 1.67. The first-order chi connectivity index (χ1) is 15.1. The van der Waals surface area contributed by atoms with Gasteiger partial charge in [0.05, 0.1) is 17.6 Å². The standard InChI is InChI=1S/C25H32N4O2/c1-3-13-29-22-12-11-20(26-25(30)18-31-23-10-6-5-9-19(23)2)16-21(22)27-24(29)17-28-14-7-4-8-15-28/h5-6,9-12,16H,3-4,7-8,13-15,17-18H2,1-2H3,(H,26,30). The van der Waals surface area contributed by atoms with Crippen molar-refractivity contribution in [1.82, 2.24) is 14.5 Å². The molecule has 0 radical (unpaired) electrons. The van der Waals surface area contributed by atoms with Crippen LogP contribution in [-0.2, 0) is 17.9 Å². The van der Waals surface area contributed by atoms with Gasteiger partial charge in [-0.2, -0.15) is 0 Å². The van der Waals surface area contributed by atoms with Gasteiger partial charge in [-0.3, -0.25) is 9.69 Å². The van der Waals surface area contributed by atoms with Gasteiger partial charge in [-0.05, 0) is 69.1 Å². The third-order valence-electron chi connectivity index (χ3n) is 5.82. The summed E-state index contributed by atoms with van der Waals surface area (Å²) in [6.07, 6.45) is 4.94. The van der Waals surface area contributed by atoms with Crippen molar-refractivity contribution < 1.29 is 9.53 Å². The molecule has 6 nitrogen and oxygen atoms in total. The molecule has 0 saturated carbocycles. The largest absolute Gasteiger partial charge is 0.483 e. The third-order valence-corrected chi connectivity index (χ3v) is 5.82. The van der Waals surface area contributed by atoms with Crippen molar-refractivity contribution >= 4 is 22.6 Å². The number of likely N-dealkylation sites (tertiary alicyclic amines) is 1. The Bertz CT molecular complexity index is 1040. The van der Waals surface area contributed by atoms with Crippen LogP contribution < -0.4 is 10.1 Å². The number of carbonyl (C=O) groups excluding carboxylic acids is 1. The lowest BCUT2D eigenvalue weighted by Gasteiger charge is -2.26. The number of imidazole rings is 1. The van der Waals surface area contributed by atoms with E-state index in [0.29, 0.717) is 0 Å². The van der Waals surface area contributed by atoms with Crippen LogP contribution in [0.1, 0.15) is 44.0 Å². The summed E-state index contributed by atoms with van der Waals surface area (Å²) in [5, 5.41) is 2.94. The molecule has 0 aliphatic carbocycles. The molecule has 2 heterocycles. The second-order valence-electron chi connectivity index (χ2n) is 8.32. The molecule has 0 spiro atoms. The molecular formula is C25H32N4O2. The number of hydrogen-bond acceptors (Lipinski definition) is 4. The molecule has 2 aromatic carbocycles. The van der Waals surface area contributed by atoms with Gasteiger partial charge in [0.1, 0.15) is 11.6 Å². The van der Waals surface area contributed by atoms with E-state index in [1.54, 1.807) is 0 Å². The van der Waals surface area contributed by atoms with Crippen molar-refractivity contribution in [2.75, 3.05) is 25.0 Å². The number of anilines is 1. The Morgan fingerprint density at radius 3 is 2.71 bits per heavy atom. The summed E-state index contributed by atoms with van der Waals surface area (Å²) in [6, 6.07) is 13.7. The average molecular weight is 421 g/mol. The number of ether oxygens (including phenoxy) is 1. The summed E-state index contributed by atoms with van der Waals surface area (Å²) in [6.45, 7) is 8.29. The number of amides is 1. The minimum absolute atomic E-state index is 0.0205. The maximum atomic E-state index is 12.4. The molecule has 3 aromatic rings. The highest BCUT2D eigenvalue weighted by atomic mass is 16.5. The van der Waals surface area contributed by atoms with Crippen LogP contribution in [0.5, 0.6) is 5.75 Å². The lowest BCUT2D eigenvalue weighted by molar-refractivity contribution is -0.118. The van der Waals surface area contributed by atoms with E-state index in [4.69, 9.17) is 9.72 Å². The fourth-order valence-corrected chi connectivity index (χ4v) is 4.23. The Hall–Kier alpha value is -2.86. The third kappa shape index (κ3) is 5.25. The van der Waals surface area contributed by atoms with E-state index in [1.165, 1.54) is 19.3 Å². The van der Waals surface area contributed by atoms with Gasteiger partial charge in [-0.15, -0.1) is 0 Å². The zero-order chi connectivity index (χ0) is 21.6. The van der Waals surface area contributed by atoms with E-state index in [-0.39, 0.29) is 12.5 Å². The summed E-state index contributed by atoms with van der Waals surface area (Å²) >= 11 is 0. The fourth-order valence-electron chi connectivity index (χ4n) is 4.23. The van der Waals surface area contributed by atoms with E-state index in [0.717, 1.165) is 66.5 Å². The van der Waals surface area contributed by atoms with Crippen LogP contribution in [0.2, 0.25) is 0 Å². The minimum Gasteiger partial charge on any atom is -0.483 e. The lowest BCUT2D eigenvalue weighted by atomic mass is 10.1. The molecule has 1 aromatic heterocycles. The van der Waals surface area contributed by atoms with E-state index in [9.17, 15) is 4.79 Å². The van der Waals surface area contributed by atoms with Crippen LogP contribution in [0.25, 0.3) is 11.0 Å². The van der Waals surface area contributed by atoms with Crippen molar-refractivity contribution in [3.05, 3.63) is 53.9 Å². The first-order valence-corrected chi connectivity index (χ1v) is 11.3. The Morgan fingerprint density at radius 1 is 1.13 bits per heavy atom. The maximum Gasteiger partial charge on any atom is 0.262 e. The van der Waals surface area contributed by atoms with E-state index in [1.807, 2.05) is 43.3 Å². The van der Waals surface area contributed by atoms with Gasteiger partial charge in [0.25, 0.3) is 5.91 Å². The number of hydrogen-bond donors (Lipinski definition) is 1. The number of fused-ring (bicyclic) bond motifs is 1. The summed E-state index contributed by atoms with van der Waals surface area (Å²) < 4.78 is 7.99. The first kappa shape index (κ1) is 21.4. The molecule has 1 aliphatic rings. The predicted octanol–water partition coefficient (Wildman–Crippen LogP) is 4.76. The van der Waals surface area contributed by atoms with Crippen molar-refractivity contribution in [1.29, 1.82) is 0 Å². The van der Waals surface area contributed by atoms with Gasteiger partial charge in [-0.25, -0.2) is 4.98 Å². The minimum atomic E-state index is -0.177. The van der Waals surface area contributed by atoms with Crippen LogP contribution >= 0.6 is 0 Å². The quantitative estimate of drug-likeness (QED) is 0.571. The van der Waals surface area contributed by atoms with Gasteiger partial charge in [-0.1, -0.05) is 31.5 Å². The molecule has 31 heavy (non-hydrogen) atoms. The molecule has 164 valence electrons. The molecule has 0 bridgehead atoms. The van der Waals surface area contributed by atoms with Gasteiger partial charge in [0, 0.05) is 12.2 Å². The number of carbonyl (C=O) groups is 1. The molecule has 1 saturated heterocycles. The predicted molar refractivity (Wildman–Crippen MR) is 124 cm³/mol. The molecule has 0 atom stereocenters. The average Bonchev–Trinajstić information content (AvgIpc) is 3.10. The SMILES string of the molecule is CCCn1c(CN2CCCCC2)nc2cc(NC(=O)COc3ccccc3C)ccc21. The van der Waals surface area contributed by atoms with Crippen LogP contribution in [0.3, 0.4) is 0 Å². The van der Waals surface area contributed by atoms with Crippen LogP contribution in [-0.4, -0.2) is 40.1 Å². The Labute approximate surface area is 184 Å². The Balaban J connectivity index is 1.46. The number of nitrogens with zero attached hydrogens (tertiary/aromatic N) is 3. The van der Waals surface area contributed by atoms with Crippen molar-refractivity contribution in [2.45, 2.75) is 52.6 Å². The molecule has 6 heteroatoms. The molecule has 0 unspecified atom stereocenters. The number of piperidine rings is 1. The lowest BCUT2D eigenvalue weighted by Crippen LogP contribution is -2.30. The molecule has 4 rings (SSSR count). The molecule has 1 amide bonds. The van der Waals surface area contributed by atoms with E-state index < -0.39 is 0 Å². The zero-order valence-electron chi connectivity index (χ0n) is 18.6. The van der Waals surface area contributed by atoms with Crippen molar-refractivity contribution in [3.63, 3.8) is 0 Å². The van der Waals surface area contributed by atoms with Gasteiger partial charge < -0.3 is 14.6 Å². The van der Waals surface area contributed by atoms with E-state index in [2.05, 4.69) is 27.8 Å². The van der Waals surface area contributed by atoms with Crippen molar-refractivity contribution in [2.24, 2.45) is 0 Å². The molecule has 1 aliphatic heterocycles. The number of aromatic nitrogens is 2. The normalized spacial score (nSPS) is 14.6. The smallest absolute Gasteiger partial charge is 0.262 e. The zero-order valence-corrected chi connectivity index (χ0v) is 18.6. The number of aryl methyl sites for hydroxylation is 2. The van der Waals surface area contributed by atoms with E-state index >= 15 is 0 Å². The maximum absolute atomic E-state index is 12.4. The highest BCUT2D eigenvalue weighted by Crippen LogP contribution is 2.23. The molecular weight excluding hydrogens is 388 g/mol. The fraction of sp³-hybridized carbons (Fsp3) is 0.440. The van der Waals surface area contributed by atoms with Crippen molar-refractivity contribution in [3.8, 4) is 5.75 Å². The second kappa shape index (κ2) is 9.96. The number of benzene rings is 2. The van der Waals surface area contributed by atoms with Gasteiger partial charge >= 0.3 is 0 Å². The van der Waals surface area contributed by atoms with Crippen LogP contribution in [0.4, 0.5) is 5.69 Å². The summed E-state index contributed by atoms with van der Waals surface area (Å²) in [7, 11) is 0. The van der Waals surface area contributed by atoms with Crippen LogP contribution in [0.15, 0.2) is 42.5 Å². The summed E-state index contributed by atoms with van der Waals surface area (Å²) in [4.78, 5) is 19.8. The highest BCUT2D eigenvalue weighted by Gasteiger charge is 2.17. The van der Waals surface area contributed by atoms with Crippen LogP contribution in [0, 0.1) is 6.92 Å². The Morgan fingerprint density at radius 2 is 1.94 bits per heavy atom. The Kier molecular flexibility index (Phi) is 6.87. The highest BCUT2D eigenvalue weighted by molar-refractivity contribution is 5.94. The molecule has 1 fully saturated rings. The summed E-state index contributed by atoms with van der Waals surface area (Å²) in [5.41, 5.74) is 3.82. The monoisotopic (exact) mass is 420 g/mol.